The third-order valence-corrected chi connectivity index (χ3v) is 3.94. The molecule has 1 unspecified atom stereocenters. The van der Waals surface area contributed by atoms with Gasteiger partial charge in [0.25, 0.3) is 0 Å². The van der Waals surface area contributed by atoms with Gasteiger partial charge < -0.3 is 14.8 Å². The van der Waals surface area contributed by atoms with Gasteiger partial charge in [0, 0.05) is 6.54 Å². The maximum Gasteiger partial charge on any atom is 0.248 e. The molecule has 1 amide bonds. The standard InChI is InChI=1S/C22H27NO3/c1-3-4-16-25-18(2)22(24)23-15-14-19-10-12-21(13-11-19)26-17-20-8-6-5-7-9-20/h3,5-13,18H,1,4,14-17H2,2H3,(H,23,24). The number of hydrogen-bond donors (Lipinski definition) is 1. The first-order valence-electron chi connectivity index (χ1n) is 8.95. The van der Waals surface area contributed by atoms with E-state index in [1.807, 2.05) is 54.6 Å². The molecule has 1 atom stereocenters. The Morgan fingerprint density at radius 3 is 2.54 bits per heavy atom. The molecular weight excluding hydrogens is 326 g/mol. The van der Waals surface area contributed by atoms with Crippen LogP contribution in [0.3, 0.4) is 0 Å². The van der Waals surface area contributed by atoms with Crippen LogP contribution in [0.25, 0.3) is 0 Å². The van der Waals surface area contributed by atoms with Crippen molar-refractivity contribution in [2.24, 2.45) is 0 Å². The second-order valence-corrected chi connectivity index (χ2v) is 6.05. The topological polar surface area (TPSA) is 47.6 Å². The molecule has 0 radical (unpaired) electrons. The highest BCUT2D eigenvalue weighted by molar-refractivity contribution is 5.80. The Kier molecular flexibility index (Phi) is 8.43. The molecule has 0 aliphatic heterocycles. The van der Waals surface area contributed by atoms with E-state index in [-0.39, 0.29) is 5.91 Å². The van der Waals surface area contributed by atoms with Crippen molar-refractivity contribution in [3.05, 3.63) is 78.4 Å². The first kappa shape index (κ1) is 19.7. The minimum Gasteiger partial charge on any atom is -0.489 e. The Balaban J connectivity index is 1.68. The molecule has 0 aliphatic rings. The summed E-state index contributed by atoms with van der Waals surface area (Å²) in [4.78, 5) is 11.9. The molecule has 26 heavy (non-hydrogen) atoms. The van der Waals surface area contributed by atoms with Gasteiger partial charge in [-0.05, 0) is 43.0 Å². The molecule has 0 heterocycles. The van der Waals surface area contributed by atoms with E-state index in [0.717, 1.165) is 29.7 Å². The van der Waals surface area contributed by atoms with Gasteiger partial charge in [0.2, 0.25) is 5.91 Å². The Morgan fingerprint density at radius 2 is 1.85 bits per heavy atom. The van der Waals surface area contributed by atoms with Crippen molar-refractivity contribution >= 4 is 5.91 Å². The van der Waals surface area contributed by atoms with Crippen LogP contribution in [0.4, 0.5) is 0 Å². The van der Waals surface area contributed by atoms with Gasteiger partial charge >= 0.3 is 0 Å². The monoisotopic (exact) mass is 353 g/mol. The van der Waals surface area contributed by atoms with Crippen molar-refractivity contribution in [2.75, 3.05) is 13.2 Å². The Morgan fingerprint density at radius 1 is 1.12 bits per heavy atom. The summed E-state index contributed by atoms with van der Waals surface area (Å²) in [5.41, 5.74) is 2.29. The quantitative estimate of drug-likeness (QED) is 0.492. The zero-order chi connectivity index (χ0) is 18.6. The predicted molar refractivity (Wildman–Crippen MR) is 104 cm³/mol. The number of amides is 1. The molecule has 0 aliphatic carbocycles. The molecule has 2 aromatic carbocycles. The van der Waals surface area contributed by atoms with Crippen molar-refractivity contribution in [1.29, 1.82) is 0 Å². The number of benzene rings is 2. The van der Waals surface area contributed by atoms with Crippen LogP contribution in [0.5, 0.6) is 5.75 Å². The molecule has 0 spiro atoms. The molecule has 1 N–H and O–H groups in total. The first-order chi connectivity index (χ1) is 12.7. The van der Waals surface area contributed by atoms with E-state index < -0.39 is 6.10 Å². The van der Waals surface area contributed by atoms with Crippen molar-refractivity contribution < 1.29 is 14.3 Å². The molecule has 4 nitrogen and oxygen atoms in total. The normalized spacial score (nSPS) is 11.6. The molecule has 2 aromatic rings. The number of carbonyl (C=O) groups excluding carboxylic acids is 1. The zero-order valence-electron chi connectivity index (χ0n) is 15.3. The van der Waals surface area contributed by atoms with Gasteiger partial charge in [-0.25, -0.2) is 0 Å². The Hall–Kier alpha value is -2.59. The van der Waals surface area contributed by atoms with Crippen LogP contribution in [-0.4, -0.2) is 25.2 Å². The minimum atomic E-state index is -0.441. The second kappa shape index (κ2) is 11.1. The largest absolute Gasteiger partial charge is 0.489 e. The van der Waals surface area contributed by atoms with Crippen LogP contribution in [0.15, 0.2) is 67.3 Å². The molecule has 2 rings (SSSR count). The summed E-state index contributed by atoms with van der Waals surface area (Å²) in [6.45, 7) is 7.04. The lowest BCUT2D eigenvalue weighted by Gasteiger charge is -2.13. The van der Waals surface area contributed by atoms with Crippen molar-refractivity contribution in [1.82, 2.24) is 5.32 Å². The van der Waals surface area contributed by atoms with Crippen molar-refractivity contribution in [3.8, 4) is 5.75 Å². The van der Waals surface area contributed by atoms with Gasteiger partial charge in [-0.2, -0.15) is 0 Å². The van der Waals surface area contributed by atoms with Crippen LogP contribution in [0, 0.1) is 0 Å². The van der Waals surface area contributed by atoms with Gasteiger partial charge in [0.1, 0.15) is 18.5 Å². The zero-order valence-corrected chi connectivity index (χ0v) is 15.3. The van der Waals surface area contributed by atoms with Crippen LogP contribution in [0.2, 0.25) is 0 Å². The second-order valence-electron chi connectivity index (χ2n) is 6.05. The number of rotatable bonds is 11. The highest BCUT2D eigenvalue weighted by atomic mass is 16.5. The minimum absolute atomic E-state index is 0.0862. The first-order valence-corrected chi connectivity index (χ1v) is 8.95. The van der Waals surface area contributed by atoms with Gasteiger partial charge in [0.15, 0.2) is 0 Å². The van der Waals surface area contributed by atoms with E-state index in [4.69, 9.17) is 9.47 Å². The molecule has 0 aromatic heterocycles. The number of hydrogen-bond acceptors (Lipinski definition) is 3. The average molecular weight is 353 g/mol. The molecule has 0 saturated heterocycles. The van der Waals surface area contributed by atoms with Crippen LogP contribution >= 0.6 is 0 Å². The van der Waals surface area contributed by atoms with E-state index in [9.17, 15) is 4.79 Å². The Bertz CT molecular complexity index is 668. The lowest BCUT2D eigenvalue weighted by atomic mass is 10.1. The number of carbonyl (C=O) groups is 1. The van der Waals surface area contributed by atoms with E-state index in [2.05, 4.69) is 11.9 Å². The Labute approximate surface area is 155 Å². The molecule has 0 saturated carbocycles. The smallest absolute Gasteiger partial charge is 0.248 e. The maximum absolute atomic E-state index is 11.9. The predicted octanol–water partition coefficient (Wildman–Crippen LogP) is 3.91. The van der Waals surface area contributed by atoms with Crippen molar-refractivity contribution in [3.63, 3.8) is 0 Å². The lowest BCUT2D eigenvalue weighted by Crippen LogP contribution is -2.35. The number of nitrogens with one attached hydrogen (secondary N) is 1. The summed E-state index contributed by atoms with van der Waals surface area (Å²) >= 11 is 0. The molecule has 4 heteroatoms. The molecular formula is C22H27NO3. The highest BCUT2D eigenvalue weighted by Crippen LogP contribution is 2.14. The van der Waals surface area contributed by atoms with E-state index in [1.54, 1.807) is 13.0 Å². The van der Waals surface area contributed by atoms with Gasteiger partial charge in [-0.3, -0.25) is 4.79 Å². The SMILES string of the molecule is C=CCCOC(C)C(=O)NCCc1ccc(OCc2ccccc2)cc1. The third kappa shape index (κ3) is 7.11. The summed E-state index contributed by atoms with van der Waals surface area (Å²) in [5.74, 6) is 0.753. The van der Waals surface area contributed by atoms with Gasteiger partial charge in [0.05, 0.1) is 6.61 Å². The van der Waals surface area contributed by atoms with E-state index in [0.29, 0.717) is 19.8 Å². The van der Waals surface area contributed by atoms with Gasteiger partial charge in [-0.15, -0.1) is 6.58 Å². The molecule has 0 fully saturated rings. The van der Waals surface area contributed by atoms with Crippen LogP contribution in [0.1, 0.15) is 24.5 Å². The summed E-state index contributed by atoms with van der Waals surface area (Å²) in [6, 6.07) is 18.0. The van der Waals surface area contributed by atoms with Gasteiger partial charge in [-0.1, -0.05) is 48.5 Å². The maximum atomic E-state index is 11.9. The van der Waals surface area contributed by atoms with Crippen LogP contribution in [-0.2, 0) is 22.6 Å². The van der Waals surface area contributed by atoms with E-state index >= 15 is 0 Å². The average Bonchev–Trinajstić information content (AvgIpc) is 2.68. The lowest BCUT2D eigenvalue weighted by molar-refractivity contribution is -0.131. The third-order valence-electron chi connectivity index (χ3n) is 3.94. The van der Waals surface area contributed by atoms with Crippen LogP contribution < -0.4 is 10.1 Å². The fourth-order valence-electron chi connectivity index (χ4n) is 2.37. The molecule has 0 bridgehead atoms. The summed E-state index contributed by atoms with van der Waals surface area (Å²) in [5, 5.41) is 2.90. The van der Waals surface area contributed by atoms with Crippen molar-refractivity contribution in [2.45, 2.75) is 32.5 Å². The summed E-state index contributed by atoms with van der Waals surface area (Å²) in [6.07, 6.45) is 2.85. The fourth-order valence-corrected chi connectivity index (χ4v) is 2.37. The number of ether oxygens (including phenoxy) is 2. The highest BCUT2D eigenvalue weighted by Gasteiger charge is 2.11. The summed E-state index contributed by atoms with van der Waals surface area (Å²) in [7, 11) is 0. The van der Waals surface area contributed by atoms with E-state index in [1.165, 1.54) is 0 Å². The molecule has 138 valence electrons. The fraction of sp³-hybridized carbons (Fsp3) is 0.318. The summed E-state index contributed by atoms with van der Waals surface area (Å²) < 4.78 is 11.2.